The van der Waals surface area contributed by atoms with Crippen LogP contribution in [0.5, 0.6) is 0 Å². The molecule has 1 heterocycles. The lowest BCUT2D eigenvalue weighted by Gasteiger charge is -3.06. The fourth-order valence-electron chi connectivity index (χ4n) is 6.81. The van der Waals surface area contributed by atoms with Gasteiger partial charge in [0.1, 0.15) is 5.69 Å². The smallest absolute Gasteiger partial charge is 0.191 e. The largest absolute Gasteiger partial charge is 0.292 e. The van der Waals surface area contributed by atoms with Crippen LogP contribution < -0.4 is 0 Å². The fourth-order valence-corrected chi connectivity index (χ4v) is 7.07. The average molecular weight is 273 g/mol. The Morgan fingerprint density at radius 3 is 2.11 bits per heavy atom. The molecule has 0 unspecified atom stereocenters. The molecule has 0 bridgehead atoms. The number of halogens is 1. The summed E-state index contributed by atoms with van der Waals surface area (Å²) in [6, 6.07) is 0. The first-order valence-corrected chi connectivity index (χ1v) is 7.53. The highest BCUT2D eigenvalue weighted by molar-refractivity contribution is 6.33. The van der Waals surface area contributed by atoms with Crippen LogP contribution in [0.4, 0.5) is 0 Å². The third-order valence-electron chi connectivity index (χ3n) is 7.35. The number of nitrogens with zero attached hydrogens (tertiary/aromatic N) is 2. The predicted octanol–water partition coefficient (Wildman–Crippen LogP) is 2.30. The van der Waals surface area contributed by atoms with Crippen molar-refractivity contribution in [1.82, 2.24) is 9.97 Å². The summed E-state index contributed by atoms with van der Waals surface area (Å²) >= 11 is 6.18. The summed E-state index contributed by atoms with van der Waals surface area (Å²) in [6.07, 6.45) is 0. The molecule has 6 fully saturated rings. The van der Waals surface area contributed by atoms with Gasteiger partial charge in [-0.25, -0.2) is 9.97 Å². The van der Waals surface area contributed by atoms with Crippen LogP contribution in [0, 0.1) is 60.7 Å². The van der Waals surface area contributed by atoms with Crippen LogP contribution in [0.2, 0.25) is 5.15 Å². The first-order chi connectivity index (χ1) is 9.10. The molecule has 0 aliphatic heterocycles. The molecule has 0 amide bonds. The molecule has 96 valence electrons. The molecular weight excluding hydrogens is 260 g/mol. The Morgan fingerprint density at radius 2 is 1.53 bits per heavy atom. The van der Waals surface area contributed by atoms with Gasteiger partial charge in [0.05, 0.1) is 11.4 Å². The van der Waals surface area contributed by atoms with Gasteiger partial charge in [0, 0.05) is 5.41 Å². The molecule has 19 heavy (non-hydrogen) atoms. The first kappa shape index (κ1) is 9.87. The highest BCUT2D eigenvalue weighted by Gasteiger charge is 3.05. The van der Waals surface area contributed by atoms with Gasteiger partial charge < -0.3 is 0 Å². The second-order valence-corrected chi connectivity index (χ2v) is 7.54. The Balaban J connectivity index is 1.47. The van der Waals surface area contributed by atoms with Crippen molar-refractivity contribution in [2.45, 2.75) is 13.8 Å². The SMILES string of the molecule is Cc1nc(Cl)c(C(=O)C23C4C5C6C4C2C6C53)nc1C. The Bertz CT molecular complexity index is 662. The quantitative estimate of drug-likeness (QED) is 0.776. The van der Waals surface area contributed by atoms with Crippen LogP contribution in [0.15, 0.2) is 0 Å². The number of carbonyl (C=O) groups excluding carboxylic acids is 1. The van der Waals surface area contributed by atoms with Gasteiger partial charge in [0.25, 0.3) is 0 Å². The van der Waals surface area contributed by atoms with Crippen LogP contribution in [-0.4, -0.2) is 15.8 Å². The van der Waals surface area contributed by atoms with Crippen LogP contribution in [0.1, 0.15) is 21.9 Å². The van der Waals surface area contributed by atoms with Gasteiger partial charge in [-0.1, -0.05) is 11.6 Å². The lowest BCUT2D eigenvalue weighted by Crippen LogP contribution is -3.06. The second-order valence-electron chi connectivity index (χ2n) is 7.18. The summed E-state index contributed by atoms with van der Waals surface area (Å²) < 4.78 is 0. The fraction of sp³-hybridized carbons (Fsp3) is 0.667. The average Bonchev–Trinajstić information content (AvgIpc) is 2.42. The number of Topliss-reactive ketones (excluding diaryl/α,β-unsaturated/α-hetero) is 1. The number of ketones is 1. The van der Waals surface area contributed by atoms with E-state index < -0.39 is 0 Å². The van der Waals surface area contributed by atoms with E-state index in [4.69, 9.17) is 11.6 Å². The Hall–Kier alpha value is -0.960. The molecule has 0 saturated heterocycles. The lowest BCUT2D eigenvalue weighted by atomic mass is 8.96. The summed E-state index contributed by atoms with van der Waals surface area (Å²) in [5, 5.41) is 0.307. The number of hydrogen-bond acceptors (Lipinski definition) is 3. The van der Waals surface area contributed by atoms with E-state index in [1.54, 1.807) is 0 Å². The van der Waals surface area contributed by atoms with E-state index in [-0.39, 0.29) is 11.2 Å². The van der Waals surface area contributed by atoms with Crippen molar-refractivity contribution in [3.63, 3.8) is 0 Å². The molecule has 0 aromatic carbocycles. The normalized spacial score (nSPS) is 56.1. The van der Waals surface area contributed by atoms with Crippen molar-refractivity contribution >= 4 is 17.4 Å². The zero-order valence-corrected chi connectivity index (χ0v) is 11.5. The van der Waals surface area contributed by atoms with Crippen molar-refractivity contribution in [2.75, 3.05) is 0 Å². The van der Waals surface area contributed by atoms with Crippen LogP contribution in [-0.2, 0) is 0 Å². The maximum absolute atomic E-state index is 12.9. The van der Waals surface area contributed by atoms with Gasteiger partial charge in [0.2, 0.25) is 0 Å². The van der Waals surface area contributed by atoms with Crippen molar-refractivity contribution in [3.8, 4) is 0 Å². The number of carbonyl (C=O) groups is 1. The second kappa shape index (κ2) is 2.37. The summed E-state index contributed by atoms with van der Waals surface area (Å²) in [5.41, 5.74) is 2.07. The molecule has 7 rings (SSSR count). The standard InChI is InChI=1S/C15H13ClN2O/c1-3-4(2)18-14(16)12(17-3)13(19)15-9-6-5-7(9)11(15)8(5)10(6)15/h5-11H,1-2H3. The van der Waals surface area contributed by atoms with Crippen LogP contribution in [0.25, 0.3) is 0 Å². The molecule has 0 spiro atoms. The number of rotatable bonds is 2. The van der Waals surface area contributed by atoms with E-state index in [2.05, 4.69) is 9.97 Å². The molecule has 0 N–H and O–H groups in total. The van der Waals surface area contributed by atoms with Crippen molar-refractivity contribution in [3.05, 3.63) is 22.2 Å². The van der Waals surface area contributed by atoms with E-state index in [0.29, 0.717) is 28.6 Å². The van der Waals surface area contributed by atoms with Crippen molar-refractivity contribution in [2.24, 2.45) is 46.8 Å². The number of aryl methyl sites for hydroxylation is 2. The van der Waals surface area contributed by atoms with Gasteiger partial charge >= 0.3 is 0 Å². The molecule has 4 heteroatoms. The summed E-state index contributed by atoms with van der Waals surface area (Å²) in [5.74, 6) is 6.05. The van der Waals surface area contributed by atoms with Crippen molar-refractivity contribution < 1.29 is 4.79 Å². The van der Waals surface area contributed by atoms with E-state index in [1.807, 2.05) is 13.8 Å². The molecular formula is C15H13ClN2O. The van der Waals surface area contributed by atoms with Crippen LogP contribution in [0.3, 0.4) is 0 Å². The molecule has 6 aliphatic rings. The lowest BCUT2D eigenvalue weighted by molar-refractivity contribution is -0.593. The van der Waals surface area contributed by atoms with Gasteiger partial charge in [-0.05, 0) is 55.3 Å². The van der Waals surface area contributed by atoms with Gasteiger partial charge in [0.15, 0.2) is 10.9 Å². The Morgan fingerprint density at radius 1 is 1.00 bits per heavy atom. The zero-order chi connectivity index (χ0) is 12.8. The Labute approximate surface area is 115 Å². The van der Waals surface area contributed by atoms with Gasteiger partial charge in [-0.15, -0.1) is 0 Å². The molecule has 0 radical (unpaired) electrons. The topological polar surface area (TPSA) is 42.9 Å². The Kier molecular flexibility index (Phi) is 1.23. The minimum absolute atomic E-state index is 0.0191. The molecule has 1 aromatic rings. The number of hydrogen-bond donors (Lipinski definition) is 0. The molecule has 6 saturated carbocycles. The molecule has 0 atom stereocenters. The van der Waals surface area contributed by atoms with Gasteiger partial charge in [-0.2, -0.15) is 0 Å². The number of aromatic nitrogens is 2. The predicted molar refractivity (Wildman–Crippen MR) is 67.7 cm³/mol. The third kappa shape index (κ3) is 0.617. The highest BCUT2D eigenvalue weighted by Crippen LogP contribution is 3.06. The molecule has 6 aliphatic carbocycles. The molecule has 1 aromatic heterocycles. The highest BCUT2D eigenvalue weighted by atomic mass is 35.5. The van der Waals surface area contributed by atoms with E-state index in [1.165, 1.54) is 0 Å². The first-order valence-electron chi connectivity index (χ1n) is 7.15. The monoisotopic (exact) mass is 272 g/mol. The van der Waals surface area contributed by atoms with Crippen LogP contribution >= 0.6 is 11.6 Å². The van der Waals surface area contributed by atoms with Gasteiger partial charge in [-0.3, -0.25) is 4.79 Å². The summed E-state index contributed by atoms with van der Waals surface area (Å²) in [6.45, 7) is 3.78. The molecule has 3 nitrogen and oxygen atoms in total. The van der Waals surface area contributed by atoms with E-state index in [9.17, 15) is 4.79 Å². The minimum atomic E-state index is -0.0191. The zero-order valence-electron chi connectivity index (χ0n) is 10.7. The summed E-state index contributed by atoms with van der Waals surface area (Å²) in [7, 11) is 0. The maximum Gasteiger partial charge on any atom is 0.191 e. The van der Waals surface area contributed by atoms with E-state index >= 15 is 0 Å². The van der Waals surface area contributed by atoms with Crippen molar-refractivity contribution in [1.29, 1.82) is 0 Å². The maximum atomic E-state index is 12.9. The third-order valence-corrected chi connectivity index (χ3v) is 7.61. The minimum Gasteiger partial charge on any atom is -0.292 e. The van der Waals surface area contributed by atoms with E-state index in [0.717, 1.165) is 35.1 Å². The summed E-state index contributed by atoms with van der Waals surface area (Å²) in [4.78, 5) is 21.6.